The summed E-state index contributed by atoms with van der Waals surface area (Å²) in [6.45, 7) is 0. The average molecular weight is 236 g/mol. The zero-order valence-corrected chi connectivity index (χ0v) is 9.65. The first-order valence-electron chi connectivity index (χ1n) is 4.16. The fourth-order valence-electron chi connectivity index (χ4n) is 1.11. The first-order valence-corrected chi connectivity index (χ1v) is 6.44. The molecule has 2 unspecified atom stereocenters. The lowest BCUT2D eigenvalue weighted by molar-refractivity contribution is -0.142. The van der Waals surface area contributed by atoms with Crippen molar-refractivity contribution in [3.63, 3.8) is 0 Å². The van der Waals surface area contributed by atoms with Crippen LogP contribution >= 0.6 is 21.6 Å². The van der Waals surface area contributed by atoms with Crippen molar-refractivity contribution in [2.24, 2.45) is 0 Å². The number of esters is 2. The first kappa shape index (κ1) is 11.7. The molecule has 80 valence electrons. The van der Waals surface area contributed by atoms with Crippen molar-refractivity contribution in [3.8, 4) is 0 Å². The maximum absolute atomic E-state index is 11.1. The molecule has 0 radical (unpaired) electrons. The molecule has 0 saturated carbocycles. The summed E-state index contributed by atoms with van der Waals surface area (Å²) in [6.07, 6.45) is 1.34. The number of hydrogen-bond donors (Lipinski definition) is 0. The van der Waals surface area contributed by atoms with Crippen LogP contribution in [0.1, 0.15) is 12.8 Å². The summed E-state index contributed by atoms with van der Waals surface area (Å²) >= 11 is 0. The molecule has 6 heteroatoms. The standard InChI is InChI=1S/C8H12O4S2/c1-11-7(9)5-3-4-6(14-13-5)8(10)12-2/h5-6H,3-4H2,1-2H3. The average Bonchev–Trinajstić information content (AvgIpc) is 2.27. The molecule has 0 spiro atoms. The summed E-state index contributed by atoms with van der Waals surface area (Å²) in [6, 6.07) is 0. The number of hydrogen-bond acceptors (Lipinski definition) is 6. The van der Waals surface area contributed by atoms with Gasteiger partial charge in [-0.05, 0) is 12.8 Å². The molecule has 0 aromatic carbocycles. The fourth-order valence-corrected chi connectivity index (χ4v) is 4.05. The first-order chi connectivity index (χ1) is 6.69. The lowest BCUT2D eigenvalue weighted by Crippen LogP contribution is -2.27. The molecule has 1 saturated heterocycles. The van der Waals surface area contributed by atoms with E-state index in [0.29, 0.717) is 12.8 Å². The van der Waals surface area contributed by atoms with Gasteiger partial charge in [0.2, 0.25) is 0 Å². The summed E-state index contributed by atoms with van der Waals surface area (Å²) in [7, 11) is 5.53. The summed E-state index contributed by atoms with van der Waals surface area (Å²) in [5.41, 5.74) is 0. The van der Waals surface area contributed by atoms with E-state index in [-0.39, 0.29) is 22.4 Å². The number of ether oxygens (including phenoxy) is 2. The monoisotopic (exact) mass is 236 g/mol. The summed E-state index contributed by atoms with van der Waals surface area (Å²) in [4.78, 5) is 22.3. The third-order valence-corrected chi connectivity index (χ3v) is 5.07. The maximum Gasteiger partial charge on any atom is 0.319 e. The van der Waals surface area contributed by atoms with Crippen LogP contribution in [0.3, 0.4) is 0 Å². The predicted octanol–water partition coefficient (Wildman–Crippen LogP) is 1.24. The topological polar surface area (TPSA) is 52.6 Å². The van der Waals surface area contributed by atoms with Crippen molar-refractivity contribution in [3.05, 3.63) is 0 Å². The van der Waals surface area contributed by atoms with E-state index in [4.69, 9.17) is 0 Å². The van der Waals surface area contributed by atoms with Crippen LogP contribution in [0.5, 0.6) is 0 Å². The Kier molecular flexibility index (Phi) is 4.60. The predicted molar refractivity (Wildman–Crippen MR) is 56.0 cm³/mol. The Balaban J connectivity index is 2.38. The van der Waals surface area contributed by atoms with E-state index in [1.54, 1.807) is 0 Å². The molecule has 1 rings (SSSR count). The van der Waals surface area contributed by atoms with Gasteiger partial charge in [-0.2, -0.15) is 0 Å². The van der Waals surface area contributed by atoms with Crippen molar-refractivity contribution < 1.29 is 19.1 Å². The molecule has 0 aromatic heterocycles. The highest BCUT2D eigenvalue weighted by Crippen LogP contribution is 2.41. The third-order valence-electron chi connectivity index (χ3n) is 1.91. The van der Waals surface area contributed by atoms with Gasteiger partial charge in [-0.3, -0.25) is 9.59 Å². The van der Waals surface area contributed by atoms with Crippen LogP contribution in [-0.2, 0) is 19.1 Å². The molecule has 0 amide bonds. The zero-order chi connectivity index (χ0) is 10.6. The van der Waals surface area contributed by atoms with Gasteiger partial charge >= 0.3 is 11.9 Å². The number of carbonyl (C=O) groups is 2. The van der Waals surface area contributed by atoms with Crippen molar-refractivity contribution in [1.82, 2.24) is 0 Å². The maximum atomic E-state index is 11.1. The van der Waals surface area contributed by atoms with Crippen LogP contribution < -0.4 is 0 Å². The van der Waals surface area contributed by atoms with E-state index in [0.717, 1.165) is 0 Å². The van der Waals surface area contributed by atoms with Crippen LogP contribution in [0.4, 0.5) is 0 Å². The molecular weight excluding hydrogens is 224 g/mol. The van der Waals surface area contributed by atoms with Gasteiger partial charge in [0.15, 0.2) is 0 Å². The Morgan fingerprint density at radius 1 is 1.00 bits per heavy atom. The van der Waals surface area contributed by atoms with Crippen molar-refractivity contribution >= 4 is 33.5 Å². The lowest BCUT2D eigenvalue weighted by Gasteiger charge is -2.23. The van der Waals surface area contributed by atoms with Crippen LogP contribution in [0.2, 0.25) is 0 Å². The Labute approximate surface area is 90.5 Å². The zero-order valence-electron chi connectivity index (χ0n) is 8.02. The summed E-state index contributed by atoms with van der Waals surface area (Å²) in [5, 5.41) is -0.295. The van der Waals surface area contributed by atoms with Crippen molar-refractivity contribution in [2.45, 2.75) is 23.3 Å². The smallest absolute Gasteiger partial charge is 0.319 e. The van der Waals surface area contributed by atoms with E-state index >= 15 is 0 Å². The molecule has 1 aliphatic heterocycles. The second-order valence-electron chi connectivity index (χ2n) is 2.79. The summed E-state index contributed by atoms with van der Waals surface area (Å²) < 4.78 is 9.24. The lowest BCUT2D eigenvalue weighted by atomic mass is 10.2. The van der Waals surface area contributed by atoms with Gasteiger partial charge in [-0.15, -0.1) is 0 Å². The second-order valence-corrected chi connectivity index (χ2v) is 5.47. The van der Waals surface area contributed by atoms with Crippen LogP contribution in [0.25, 0.3) is 0 Å². The van der Waals surface area contributed by atoms with Gasteiger partial charge < -0.3 is 9.47 Å². The normalized spacial score (nSPS) is 26.7. The minimum Gasteiger partial charge on any atom is -0.468 e. The number of rotatable bonds is 2. The minimum absolute atomic E-state index is 0.147. The second kappa shape index (κ2) is 5.50. The SMILES string of the molecule is COC(=O)C1CCC(C(=O)OC)SS1. The molecule has 1 fully saturated rings. The van der Waals surface area contributed by atoms with Gasteiger partial charge in [0.25, 0.3) is 0 Å². The molecule has 0 aliphatic carbocycles. The Hall–Kier alpha value is -0.360. The number of methoxy groups -OCH3 is 2. The molecule has 4 nitrogen and oxygen atoms in total. The molecule has 14 heavy (non-hydrogen) atoms. The molecule has 0 aromatic rings. The van der Waals surface area contributed by atoms with E-state index < -0.39 is 0 Å². The highest BCUT2D eigenvalue weighted by molar-refractivity contribution is 8.77. The molecular formula is C8H12O4S2. The van der Waals surface area contributed by atoms with Gasteiger partial charge in [0.1, 0.15) is 10.5 Å². The largest absolute Gasteiger partial charge is 0.468 e. The molecule has 1 aliphatic rings. The quantitative estimate of drug-likeness (QED) is 0.531. The fraction of sp³-hybridized carbons (Fsp3) is 0.750. The van der Waals surface area contributed by atoms with Gasteiger partial charge in [-0.1, -0.05) is 21.6 Å². The number of carbonyl (C=O) groups excluding carboxylic acids is 2. The van der Waals surface area contributed by atoms with E-state index in [1.807, 2.05) is 0 Å². The highest BCUT2D eigenvalue weighted by atomic mass is 33.1. The molecule has 2 atom stereocenters. The third kappa shape index (κ3) is 2.81. The van der Waals surface area contributed by atoms with Gasteiger partial charge in [-0.25, -0.2) is 0 Å². The van der Waals surface area contributed by atoms with E-state index in [9.17, 15) is 9.59 Å². The Bertz CT molecular complexity index is 199. The van der Waals surface area contributed by atoms with Crippen molar-refractivity contribution in [2.75, 3.05) is 14.2 Å². The van der Waals surface area contributed by atoms with Crippen LogP contribution in [-0.4, -0.2) is 36.7 Å². The van der Waals surface area contributed by atoms with Gasteiger partial charge in [0.05, 0.1) is 14.2 Å². The van der Waals surface area contributed by atoms with Crippen molar-refractivity contribution in [1.29, 1.82) is 0 Å². The Morgan fingerprint density at radius 2 is 1.36 bits per heavy atom. The van der Waals surface area contributed by atoms with E-state index in [2.05, 4.69) is 9.47 Å². The molecule has 0 N–H and O–H groups in total. The minimum atomic E-state index is -0.217. The van der Waals surface area contributed by atoms with E-state index in [1.165, 1.54) is 35.8 Å². The summed E-state index contributed by atoms with van der Waals surface area (Å²) in [5.74, 6) is -0.434. The molecule has 1 heterocycles. The highest BCUT2D eigenvalue weighted by Gasteiger charge is 2.32. The Morgan fingerprint density at radius 3 is 1.57 bits per heavy atom. The van der Waals surface area contributed by atoms with Crippen LogP contribution in [0, 0.1) is 0 Å². The van der Waals surface area contributed by atoms with Crippen LogP contribution in [0.15, 0.2) is 0 Å². The molecule has 0 bridgehead atoms. The van der Waals surface area contributed by atoms with Gasteiger partial charge in [0, 0.05) is 0 Å².